The minimum absolute atomic E-state index is 0.126. The smallest absolute Gasteiger partial charge is 0.338 e. The Labute approximate surface area is 477 Å². The van der Waals surface area contributed by atoms with Crippen LogP contribution < -0.4 is 49.6 Å². The van der Waals surface area contributed by atoms with Gasteiger partial charge in [0.2, 0.25) is 16.7 Å². The summed E-state index contributed by atoms with van der Waals surface area (Å²) < 4.78 is 19.4. The third-order valence-corrected chi connectivity index (χ3v) is 17.1. The van der Waals surface area contributed by atoms with Gasteiger partial charge in [-0.3, -0.25) is 4.79 Å². The molecule has 2 fully saturated rings. The largest absolute Gasteiger partial charge is 0.871 e. The number of ketones is 1. The summed E-state index contributed by atoms with van der Waals surface area (Å²) in [5, 5.41) is 24.1. The third-order valence-electron chi connectivity index (χ3n) is 17.1. The van der Waals surface area contributed by atoms with Gasteiger partial charge in [-0.25, -0.2) is 14.4 Å². The van der Waals surface area contributed by atoms with Crippen molar-refractivity contribution >= 4 is 90.5 Å². The second-order valence-corrected chi connectivity index (χ2v) is 23.9. The van der Waals surface area contributed by atoms with Crippen molar-refractivity contribution in [3.63, 3.8) is 0 Å². The van der Waals surface area contributed by atoms with Gasteiger partial charge in [-0.15, -0.1) is 0 Å². The number of rotatable bonds is 10. The highest BCUT2D eigenvalue weighted by Gasteiger charge is 2.53. The van der Waals surface area contributed by atoms with E-state index in [1.165, 1.54) is 0 Å². The highest BCUT2D eigenvalue weighted by molar-refractivity contribution is 6.52. The predicted molar refractivity (Wildman–Crippen MR) is 322 cm³/mol. The molecule has 12 nitrogen and oxygen atoms in total. The molecule has 7 aromatic carbocycles. The lowest BCUT2D eigenvalue weighted by atomic mass is 9.72. The van der Waals surface area contributed by atoms with E-state index in [1.54, 1.807) is 45.0 Å². The minimum Gasteiger partial charge on any atom is -0.871 e. The van der Waals surface area contributed by atoms with Gasteiger partial charge in [0.15, 0.2) is 5.78 Å². The summed E-state index contributed by atoms with van der Waals surface area (Å²) in [7, 11) is 0. The molecule has 414 valence electrons. The zero-order valence-corrected chi connectivity index (χ0v) is 47.5. The summed E-state index contributed by atoms with van der Waals surface area (Å²) in [6.45, 7) is 25.3. The van der Waals surface area contributed by atoms with Crippen LogP contribution in [0.4, 0.5) is 34.1 Å². The number of carbonyl (C=O) groups excluding carboxylic acids is 4. The summed E-state index contributed by atoms with van der Waals surface area (Å²) in [4.78, 5) is 57.9. The van der Waals surface area contributed by atoms with Gasteiger partial charge in [0.05, 0.1) is 22.4 Å². The van der Waals surface area contributed by atoms with Gasteiger partial charge in [-0.05, 0) is 177 Å². The molecule has 0 amide bonds. The van der Waals surface area contributed by atoms with Crippen LogP contribution in [-0.4, -0.2) is 35.0 Å². The number of Topliss-reactive ketones (excluding diaryl/α,β-unsaturated/α-hetero) is 1. The lowest BCUT2D eigenvalue weighted by Gasteiger charge is -2.59. The first kappa shape index (κ1) is 53.6. The number of nitrogens with one attached hydrogen (secondary N) is 1. The fraction of sp³-hybridized carbons (Fsp3) is 0.271. The normalized spacial score (nSPS) is 23.4. The van der Waals surface area contributed by atoms with Gasteiger partial charge < -0.3 is 34.4 Å². The molecule has 7 aromatic rings. The third kappa shape index (κ3) is 8.87. The Morgan fingerprint density at radius 3 is 1.55 bits per heavy atom. The van der Waals surface area contributed by atoms with E-state index in [1.807, 2.05) is 91.0 Å². The molecule has 0 saturated heterocycles. The fourth-order valence-electron chi connectivity index (χ4n) is 14.3. The van der Waals surface area contributed by atoms with Gasteiger partial charge in [0, 0.05) is 75.7 Å². The van der Waals surface area contributed by atoms with Crippen LogP contribution in [0.1, 0.15) is 92.6 Å². The predicted octanol–water partition coefficient (Wildman–Crippen LogP) is 12.8. The Morgan fingerprint density at radius 2 is 1.04 bits per heavy atom. The summed E-state index contributed by atoms with van der Waals surface area (Å²) in [6, 6.07) is 42.8. The second-order valence-electron chi connectivity index (χ2n) is 23.9. The SMILES string of the molecule is C=C(C)C(=O)Oc1ccc(N2c3cccc4c(C5=C([O-])/C(=c6/ccc7c8c(cccc68)NC6(CC(C)CC(C)C6)[N+]=7c6ccc(OC(=O)C(=C)C)cc6)C5=O)ccc(c34)N(c3ccc(OC(=O)C(=C)C)cc3)C23CC(C)CC(C)C3)cc1. The van der Waals surface area contributed by atoms with Crippen LogP contribution in [0.2, 0.25) is 0 Å². The zero-order chi connectivity index (χ0) is 57.7. The number of hydrogen-bond acceptors (Lipinski definition) is 11. The Morgan fingerprint density at radius 1 is 0.561 bits per heavy atom. The number of allylic oxidation sites excluding steroid dienone is 2. The van der Waals surface area contributed by atoms with E-state index in [9.17, 15) is 14.4 Å². The molecule has 12 heteroatoms. The number of carbonyl (C=O) groups is 4. The molecule has 4 unspecified atom stereocenters. The summed E-state index contributed by atoms with van der Waals surface area (Å²) >= 11 is 0. The molecule has 2 heterocycles. The monoisotopic (exact) mass is 1090 g/mol. The maximum Gasteiger partial charge on any atom is 0.338 e. The van der Waals surface area contributed by atoms with Crippen molar-refractivity contribution in [1.29, 1.82) is 0 Å². The van der Waals surface area contributed by atoms with Crippen molar-refractivity contribution in [3.8, 4) is 17.2 Å². The average Bonchev–Trinajstić information content (AvgIpc) is 3.27. The van der Waals surface area contributed by atoms with E-state index in [0.29, 0.717) is 57.3 Å². The molecule has 1 N–H and O–H groups in total. The first-order valence-electron chi connectivity index (χ1n) is 28.3. The van der Waals surface area contributed by atoms with Gasteiger partial charge >= 0.3 is 17.9 Å². The Kier molecular flexibility index (Phi) is 13.2. The zero-order valence-electron chi connectivity index (χ0n) is 47.5. The van der Waals surface area contributed by atoms with Crippen LogP contribution in [0, 0.1) is 23.7 Å². The lowest BCUT2D eigenvalue weighted by molar-refractivity contribution is -0.292. The van der Waals surface area contributed by atoms with Crippen molar-refractivity contribution < 1.29 is 38.5 Å². The molecular formula is C70H66N4O8. The van der Waals surface area contributed by atoms with Crippen LogP contribution >= 0.6 is 0 Å². The highest BCUT2D eigenvalue weighted by Crippen LogP contribution is 2.59. The maximum absolute atomic E-state index is 15.2. The summed E-state index contributed by atoms with van der Waals surface area (Å²) in [5.74, 6) is 0.459. The Hall–Kier alpha value is -9.03. The molecule has 82 heavy (non-hydrogen) atoms. The van der Waals surface area contributed by atoms with Crippen molar-refractivity contribution in [2.24, 2.45) is 23.7 Å². The molecule has 2 saturated carbocycles. The Balaban J connectivity index is 1.04. The second kappa shape index (κ2) is 20.2. The minimum atomic E-state index is -0.697. The van der Waals surface area contributed by atoms with Crippen LogP contribution in [0.15, 0.2) is 176 Å². The molecule has 2 spiro atoms. The molecule has 0 bridgehead atoms. The van der Waals surface area contributed by atoms with Gasteiger partial charge in [0.1, 0.15) is 22.9 Å². The number of esters is 3. The van der Waals surface area contributed by atoms with Crippen LogP contribution in [0.5, 0.6) is 17.2 Å². The molecule has 4 atom stereocenters. The first-order valence-corrected chi connectivity index (χ1v) is 28.3. The van der Waals surface area contributed by atoms with Crippen LogP contribution in [0.25, 0.3) is 32.7 Å². The molecule has 0 radical (unpaired) electrons. The summed E-state index contributed by atoms with van der Waals surface area (Å²) in [5.41, 5.74) is 5.86. The average molecular weight is 1090 g/mol. The van der Waals surface area contributed by atoms with Crippen molar-refractivity contribution in [1.82, 2.24) is 4.58 Å². The number of anilines is 5. The molecule has 12 rings (SSSR count). The molecule has 2 aliphatic heterocycles. The van der Waals surface area contributed by atoms with Crippen molar-refractivity contribution in [2.45, 2.75) is 98.3 Å². The van der Waals surface area contributed by atoms with Crippen LogP contribution in [0.3, 0.4) is 0 Å². The van der Waals surface area contributed by atoms with Crippen LogP contribution in [-0.2, 0) is 19.2 Å². The quantitative estimate of drug-likeness (QED) is 0.0606. The molecular weight excluding hydrogens is 1020 g/mol. The van der Waals surface area contributed by atoms with E-state index in [2.05, 4.69) is 85.3 Å². The maximum atomic E-state index is 15.2. The van der Waals surface area contributed by atoms with Gasteiger partial charge in [-0.2, -0.15) is 4.58 Å². The summed E-state index contributed by atoms with van der Waals surface area (Å²) in [6.07, 6.45) is 5.41. The standard InChI is InChI=1S/C70H66N4O8/c1-39(2)66(77)80-49-23-17-46(18-24-49)72-58-31-29-54(52-13-11-15-56(60(52)58)71-69(72)35-42(7)33-43(8)36-69)62-64(75)63(65(62)76)55-30-32-59-61-53(55)14-12-16-57(61)73(47-19-25-50(26-20-47)81-67(78)40(3)4)70(37-44(9)34-45(10)38-70)74(59)48-21-27-51(28-22-48)82-68(79)41(5)6/h11-32,42-45H,1,3,5,33-38H2,2,4,6-10H3,(H,75,76). The number of nitrogens with zero attached hydrogens (tertiary/aromatic N) is 3. The Bertz CT molecular complexity index is 3990. The fourth-order valence-corrected chi connectivity index (χ4v) is 14.3. The van der Waals surface area contributed by atoms with Gasteiger partial charge in [-0.1, -0.05) is 83.5 Å². The number of hydrogen-bond donors (Lipinski definition) is 1. The molecule has 3 aliphatic carbocycles. The molecule has 5 aliphatic rings. The van der Waals surface area contributed by atoms with Crippen molar-refractivity contribution in [3.05, 3.63) is 192 Å². The number of ether oxygens (including phenoxy) is 3. The van der Waals surface area contributed by atoms with E-state index in [-0.39, 0.29) is 33.8 Å². The first-order chi connectivity index (χ1) is 39.2. The van der Waals surface area contributed by atoms with Crippen molar-refractivity contribution in [2.75, 3.05) is 15.1 Å². The van der Waals surface area contributed by atoms with E-state index < -0.39 is 29.2 Å². The lowest BCUT2D eigenvalue weighted by Crippen LogP contribution is -2.62. The van der Waals surface area contributed by atoms with E-state index in [4.69, 9.17) is 14.2 Å². The highest BCUT2D eigenvalue weighted by atomic mass is 16.5. The van der Waals surface area contributed by atoms with E-state index >= 15 is 9.90 Å². The van der Waals surface area contributed by atoms with Gasteiger partial charge in [0.25, 0.3) is 0 Å². The molecule has 0 aromatic heterocycles. The number of benzene rings is 7. The van der Waals surface area contributed by atoms with E-state index in [0.717, 1.165) is 99.6 Å². The topological polar surface area (TPSA) is 141 Å².